The molecule has 2 rings (SSSR count). The van der Waals surface area contributed by atoms with Crippen LogP contribution in [0.5, 0.6) is 5.88 Å². The SMILES string of the molecule is CCCc1c(O)nc(-c2cc(C)sc2C)[nH]c1=O. The van der Waals surface area contributed by atoms with Crippen LogP contribution in [-0.4, -0.2) is 15.1 Å². The van der Waals surface area contributed by atoms with Crippen molar-refractivity contribution in [2.24, 2.45) is 0 Å². The smallest absolute Gasteiger partial charge is 0.258 e. The van der Waals surface area contributed by atoms with Crippen LogP contribution in [0, 0.1) is 13.8 Å². The molecular formula is C13H16N2O2S. The number of aromatic hydroxyl groups is 1. The van der Waals surface area contributed by atoms with Crippen LogP contribution in [0.25, 0.3) is 11.4 Å². The molecule has 0 radical (unpaired) electrons. The van der Waals surface area contributed by atoms with Gasteiger partial charge in [-0.15, -0.1) is 11.3 Å². The molecule has 0 fully saturated rings. The maximum absolute atomic E-state index is 11.9. The molecule has 2 aromatic heterocycles. The number of aromatic amines is 1. The molecule has 0 spiro atoms. The molecule has 0 aliphatic rings. The predicted octanol–water partition coefficient (Wildman–Crippen LogP) is 2.77. The second-order valence-corrected chi connectivity index (χ2v) is 5.75. The Kier molecular flexibility index (Phi) is 3.52. The van der Waals surface area contributed by atoms with Gasteiger partial charge in [0.2, 0.25) is 5.88 Å². The molecule has 0 aliphatic carbocycles. The summed E-state index contributed by atoms with van der Waals surface area (Å²) in [5, 5.41) is 9.83. The Hall–Kier alpha value is -1.62. The lowest BCUT2D eigenvalue weighted by atomic mass is 10.2. The summed E-state index contributed by atoms with van der Waals surface area (Å²) in [5.74, 6) is 0.290. The molecule has 2 N–H and O–H groups in total. The highest BCUT2D eigenvalue weighted by Gasteiger charge is 2.13. The number of rotatable bonds is 3. The number of aromatic nitrogens is 2. The summed E-state index contributed by atoms with van der Waals surface area (Å²) in [7, 11) is 0. The Balaban J connectivity index is 2.55. The highest BCUT2D eigenvalue weighted by Crippen LogP contribution is 2.28. The number of H-pyrrole nitrogens is 1. The molecule has 0 saturated heterocycles. The summed E-state index contributed by atoms with van der Waals surface area (Å²) in [5.41, 5.74) is 1.00. The molecule has 5 heteroatoms. The van der Waals surface area contributed by atoms with Crippen molar-refractivity contribution in [2.45, 2.75) is 33.6 Å². The van der Waals surface area contributed by atoms with E-state index in [0.29, 0.717) is 17.8 Å². The Morgan fingerprint density at radius 1 is 1.44 bits per heavy atom. The van der Waals surface area contributed by atoms with Crippen molar-refractivity contribution < 1.29 is 5.11 Å². The summed E-state index contributed by atoms with van der Waals surface area (Å²) >= 11 is 1.65. The number of nitrogens with zero attached hydrogens (tertiary/aromatic N) is 1. The molecule has 2 aromatic rings. The highest BCUT2D eigenvalue weighted by atomic mass is 32.1. The molecule has 0 unspecified atom stereocenters. The number of thiophene rings is 1. The van der Waals surface area contributed by atoms with Gasteiger partial charge in [0.25, 0.3) is 5.56 Å². The quantitative estimate of drug-likeness (QED) is 0.895. The van der Waals surface area contributed by atoms with Crippen LogP contribution in [0.2, 0.25) is 0 Å². The van der Waals surface area contributed by atoms with Crippen LogP contribution in [0.1, 0.15) is 28.7 Å². The van der Waals surface area contributed by atoms with Gasteiger partial charge >= 0.3 is 0 Å². The van der Waals surface area contributed by atoms with Crippen molar-refractivity contribution in [3.05, 3.63) is 31.7 Å². The minimum absolute atomic E-state index is 0.154. The number of hydrogen-bond acceptors (Lipinski definition) is 4. The first-order chi connectivity index (χ1) is 8.52. The number of hydrogen-bond donors (Lipinski definition) is 2. The van der Waals surface area contributed by atoms with Gasteiger partial charge in [0, 0.05) is 15.3 Å². The number of aryl methyl sites for hydroxylation is 2. The zero-order chi connectivity index (χ0) is 13.3. The van der Waals surface area contributed by atoms with Gasteiger partial charge in [-0.05, 0) is 26.3 Å². The second kappa shape index (κ2) is 4.94. The van der Waals surface area contributed by atoms with Crippen molar-refractivity contribution in [1.82, 2.24) is 9.97 Å². The Labute approximate surface area is 109 Å². The Morgan fingerprint density at radius 2 is 2.17 bits per heavy atom. The molecule has 4 nitrogen and oxygen atoms in total. The summed E-state index contributed by atoms with van der Waals surface area (Å²) in [6, 6.07) is 1.97. The molecule has 0 atom stereocenters. The first-order valence-corrected chi connectivity index (χ1v) is 6.74. The fourth-order valence-electron chi connectivity index (χ4n) is 1.95. The van der Waals surface area contributed by atoms with Gasteiger partial charge in [-0.2, -0.15) is 4.98 Å². The molecule has 0 aliphatic heterocycles. The second-order valence-electron chi connectivity index (χ2n) is 4.29. The van der Waals surface area contributed by atoms with Crippen LogP contribution in [0.4, 0.5) is 0 Å². The van der Waals surface area contributed by atoms with Gasteiger partial charge < -0.3 is 10.1 Å². The normalized spacial score (nSPS) is 10.8. The van der Waals surface area contributed by atoms with Gasteiger partial charge in [-0.3, -0.25) is 4.79 Å². The van der Waals surface area contributed by atoms with Gasteiger partial charge in [-0.1, -0.05) is 13.3 Å². The van der Waals surface area contributed by atoms with Crippen LogP contribution in [0.15, 0.2) is 10.9 Å². The number of nitrogens with one attached hydrogen (secondary N) is 1. The Bertz CT molecular complexity index is 628. The maximum Gasteiger partial charge on any atom is 0.258 e. The fourth-order valence-corrected chi connectivity index (χ4v) is 2.88. The van der Waals surface area contributed by atoms with E-state index >= 15 is 0 Å². The molecule has 0 aromatic carbocycles. The molecule has 2 heterocycles. The van der Waals surface area contributed by atoms with Crippen molar-refractivity contribution in [2.75, 3.05) is 0 Å². The van der Waals surface area contributed by atoms with Gasteiger partial charge in [-0.25, -0.2) is 0 Å². The standard InChI is InChI=1S/C13H16N2O2S/c1-4-5-9-12(16)14-11(15-13(9)17)10-6-7(2)18-8(10)3/h6H,4-5H2,1-3H3,(H2,14,15,16,17). The molecular weight excluding hydrogens is 248 g/mol. The van der Waals surface area contributed by atoms with Crippen LogP contribution in [0.3, 0.4) is 0 Å². The van der Waals surface area contributed by atoms with E-state index in [-0.39, 0.29) is 11.4 Å². The van der Waals surface area contributed by atoms with Gasteiger partial charge in [0.05, 0.1) is 5.56 Å². The zero-order valence-corrected chi connectivity index (χ0v) is 11.5. The lowest BCUT2D eigenvalue weighted by Crippen LogP contribution is -2.15. The van der Waals surface area contributed by atoms with Crippen molar-refractivity contribution in [1.29, 1.82) is 0 Å². The first-order valence-electron chi connectivity index (χ1n) is 5.92. The summed E-state index contributed by atoms with van der Waals surface area (Å²) in [6.07, 6.45) is 1.34. The minimum Gasteiger partial charge on any atom is -0.493 e. The Morgan fingerprint density at radius 3 is 2.67 bits per heavy atom. The van der Waals surface area contributed by atoms with Crippen molar-refractivity contribution >= 4 is 11.3 Å². The predicted molar refractivity (Wildman–Crippen MR) is 73.3 cm³/mol. The minimum atomic E-state index is -0.248. The van der Waals surface area contributed by atoms with Crippen molar-refractivity contribution in [3.63, 3.8) is 0 Å². The van der Waals surface area contributed by atoms with E-state index in [4.69, 9.17) is 0 Å². The average molecular weight is 264 g/mol. The average Bonchev–Trinajstić information content (AvgIpc) is 2.63. The van der Waals surface area contributed by atoms with E-state index in [2.05, 4.69) is 9.97 Å². The third-order valence-electron chi connectivity index (χ3n) is 2.79. The molecule has 0 bridgehead atoms. The lowest BCUT2D eigenvalue weighted by molar-refractivity contribution is 0.443. The van der Waals surface area contributed by atoms with Crippen molar-refractivity contribution in [3.8, 4) is 17.3 Å². The van der Waals surface area contributed by atoms with Gasteiger partial charge in [0.15, 0.2) is 0 Å². The van der Waals surface area contributed by atoms with E-state index in [1.54, 1.807) is 11.3 Å². The maximum atomic E-state index is 11.9. The third-order valence-corrected chi connectivity index (χ3v) is 3.76. The summed E-state index contributed by atoms with van der Waals surface area (Å²) in [6.45, 7) is 5.94. The summed E-state index contributed by atoms with van der Waals surface area (Å²) < 4.78 is 0. The molecule has 18 heavy (non-hydrogen) atoms. The molecule has 0 amide bonds. The van der Waals surface area contributed by atoms with Crippen LogP contribution in [-0.2, 0) is 6.42 Å². The largest absolute Gasteiger partial charge is 0.493 e. The third kappa shape index (κ3) is 2.31. The molecule has 96 valence electrons. The van der Waals surface area contributed by atoms with Gasteiger partial charge in [0.1, 0.15) is 5.82 Å². The lowest BCUT2D eigenvalue weighted by Gasteiger charge is -2.04. The van der Waals surface area contributed by atoms with E-state index in [9.17, 15) is 9.90 Å². The molecule has 0 saturated carbocycles. The fraction of sp³-hybridized carbons (Fsp3) is 0.385. The first kappa shape index (κ1) is 12.8. The monoisotopic (exact) mass is 264 g/mol. The highest BCUT2D eigenvalue weighted by molar-refractivity contribution is 7.12. The van der Waals surface area contributed by atoms with Crippen LogP contribution < -0.4 is 5.56 Å². The zero-order valence-electron chi connectivity index (χ0n) is 10.7. The topological polar surface area (TPSA) is 66.0 Å². The van der Waals surface area contributed by atoms with E-state index in [1.807, 2.05) is 26.8 Å². The summed E-state index contributed by atoms with van der Waals surface area (Å²) in [4.78, 5) is 21.0. The van der Waals surface area contributed by atoms with Crippen LogP contribution >= 0.6 is 11.3 Å². The van der Waals surface area contributed by atoms with E-state index < -0.39 is 0 Å². The van der Waals surface area contributed by atoms with E-state index in [0.717, 1.165) is 21.7 Å². The van der Waals surface area contributed by atoms with E-state index in [1.165, 1.54) is 0 Å².